The van der Waals surface area contributed by atoms with Gasteiger partial charge in [-0.25, -0.2) is 0 Å². The van der Waals surface area contributed by atoms with Gasteiger partial charge in [0.15, 0.2) is 8.32 Å². The summed E-state index contributed by atoms with van der Waals surface area (Å²) in [7, 11) is -1.51. The zero-order valence-corrected chi connectivity index (χ0v) is 23.0. The van der Waals surface area contributed by atoms with Crippen LogP contribution in [0.4, 0.5) is 5.69 Å². The SMILES string of the molecule is C=C(O)c1ccc(N=NN(CC)CCO[Si](C)(C)C)cc1CCCCCCCCCCCC. The minimum Gasteiger partial charge on any atom is -0.508 e. The van der Waals surface area contributed by atoms with Gasteiger partial charge in [-0.2, -0.15) is 0 Å². The molecule has 0 aliphatic rings. The molecule has 33 heavy (non-hydrogen) atoms. The zero-order valence-electron chi connectivity index (χ0n) is 22.0. The number of nitrogens with zero attached hydrogens (tertiary/aromatic N) is 3. The number of hydrogen-bond donors (Lipinski definition) is 1. The van der Waals surface area contributed by atoms with Gasteiger partial charge in [0.25, 0.3) is 0 Å². The van der Waals surface area contributed by atoms with E-state index in [1.165, 1.54) is 57.8 Å². The summed E-state index contributed by atoms with van der Waals surface area (Å²) in [4.78, 5) is 0. The van der Waals surface area contributed by atoms with Crippen molar-refractivity contribution in [2.45, 2.75) is 104 Å². The third-order valence-electron chi connectivity index (χ3n) is 5.74. The lowest BCUT2D eigenvalue weighted by atomic mass is 9.98. The molecule has 1 N–H and O–H groups in total. The molecule has 0 saturated carbocycles. The molecule has 5 nitrogen and oxygen atoms in total. The number of likely N-dealkylation sites (N-methyl/N-ethyl adjacent to an activating group) is 1. The zero-order chi connectivity index (χ0) is 24.5. The van der Waals surface area contributed by atoms with E-state index in [2.05, 4.69) is 50.4 Å². The molecule has 1 rings (SSSR count). The number of aliphatic hydroxyl groups excluding tert-OH is 1. The molecule has 0 amide bonds. The van der Waals surface area contributed by atoms with Crippen molar-refractivity contribution in [2.24, 2.45) is 10.3 Å². The van der Waals surface area contributed by atoms with Gasteiger partial charge < -0.3 is 9.53 Å². The maximum absolute atomic E-state index is 10.0. The Morgan fingerprint density at radius 3 is 2.12 bits per heavy atom. The number of hydrogen-bond acceptors (Lipinski definition) is 4. The third kappa shape index (κ3) is 14.3. The Labute approximate surface area is 204 Å². The number of benzene rings is 1. The van der Waals surface area contributed by atoms with E-state index in [9.17, 15) is 5.11 Å². The summed E-state index contributed by atoms with van der Waals surface area (Å²) in [5, 5.41) is 20.8. The maximum atomic E-state index is 10.0. The van der Waals surface area contributed by atoms with Gasteiger partial charge in [-0.05, 0) is 63.2 Å². The Hall–Kier alpha value is -1.66. The first kappa shape index (κ1) is 29.4. The topological polar surface area (TPSA) is 57.4 Å². The second kappa shape index (κ2) is 16.9. The second-order valence-electron chi connectivity index (χ2n) is 9.92. The maximum Gasteiger partial charge on any atom is 0.183 e. The van der Waals surface area contributed by atoms with Gasteiger partial charge in [0.1, 0.15) is 5.76 Å². The van der Waals surface area contributed by atoms with Gasteiger partial charge in [0, 0.05) is 12.1 Å². The van der Waals surface area contributed by atoms with E-state index in [1.807, 2.05) is 23.2 Å². The van der Waals surface area contributed by atoms with Crippen LogP contribution in [0.1, 0.15) is 89.2 Å². The molecule has 0 aliphatic heterocycles. The van der Waals surface area contributed by atoms with Crippen LogP contribution in [0, 0.1) is 0 Å². The van der Waals surface area contributed by atoms with E-state index in [0.717, 1.165) is 42.7 Å². The Morgan fingerprint density at radius 1 is 0.970 bits per heavy atom. The number of aliphatic hydroxyl groups is 1. The molecule has 0 aromatic heterocycles. The molecule has 0 unspecified atom stereocenters. The largest absolute Gasteiger partial charge is 0.508 e. The average Bonchev–Trinajstić information content (AvgIpc) is 2.76. The van der Waals surface area contributed by atoms with Crippen molar-refractivity contribution in [2.75, 3.05) is 19.7 Å². The fourth-order valence-corrected chi connectivity index (χ4v) is 4.48. The smallest absolute Gasteiger partial charge is 0.183 e. The molecule has 188 valence electrons. The highest BCUT2D eigenvalue weighted by molar-refractivity contribution is 6.69. The lowest BCUT2D eigenvalue weighted by molar-refractivity contribution is 0.209. The molecule has 0 atom stereocenters. The summed E-state index contributed by atoms with van der Waals surface area (Å²) in [6, 6.07) is 5.85. The van der Waals surface area contributed by atoms with Gasteiger partial charge in [-0.15, -0.1) is 5.11 Å². The molecule has 0 spiro atoms. The van der Waals surface area contributed by atoms with Crippen LogP contribution in [-0.2, 0) is 10.8 Å². The monoisotopic (exact) mass is 475 g/mol. The summed E-state index contributed by atoms with van der Waals surface area (Å²) >= 11 is 0. The van der Waals surface area contributed by atoms with Crippen molar-refractivity contribution in [3.05, 3.63) is 35.9 Å². The van der Waals surface area contributed by atoms with Crippen molar-refractivity contribution >= 4 is 19.8 Å². The second-order valence-corrected chi connectivity index (χ2v) is 14.4. The summed E-state index contributed by atoms with van der Waals surface area (Å²) < 4.78 is 5.93. The average molecular weight is 476 g/mol. The summed E-state index contributed by atoms with van der Waals surface area (Å²) in [5.74, 6) is 0.124. The fourth-order valence-electron chi connectivity index (χ4n) is 3.77. The molecule has 0 aliphatic carbocycles. The summed E-state index contributed by atoms with van der Waals surface area (Å²) in [5.41, 5.74) is 2.73. The molecule has 0 radical (unpaired) electrons. The molecule has 0 heterocycles. The Kier molecular flexibility index (Phi) is 15.0. The fraction of sp³-hybridized carbons (Fsp3) is 0.704. The van der Waals surface area contributed by atoms with Gasteiger partial charge in [-0.3, -0.25) is 5.01 Å². The molecule has 1 aromatic carbocycles. The molecule has 0 saturated heterocycles. The van der Waals surface area contributed by atoms with E-state index in [0.29, 0.717) is 6.61 Å². The van der Waals surface area contributed by atoms with Crippen molar-refractivity contribution in [1.29, 1.82) is 0 Å². The van der Waals surface area contributed by atoms with Crippen molar-refractivity contribution in [3.8, 4) is 0 Å². The van der Waals surface area contributed by atoms with Gasteiger partial charge >= 0.3 is 0 Å². The molecule has 0 fully saturated rings. The van der Waals surface area contributed by atoms with Gasteiger partial charge in [0.2, 0.25) is 0 Å². The van der Waals surface area contributed by atoms with E-state index >= 15 is 0 Å². The Bertz CT molecular complexity index is 701. The van der Waals surface area contributed by atoms with Crippen molar-refractivity contribution < 1.29 is 9.53 Å². The first-order valence-electron chi connectivity index (χ1n) is 13.1. The van der Waals surface area contributed by atoms with Gasteiger partial charge in [-0.1, -0.05) is 76.5 Å². The Balaban J connectivity index is 2.52. The molecular formula is C27H49N3O2Si. The van der Waals surface area contributed by atoms with Crippen LogP contribution < -0.4 is 0 Å². The quantitative estimate of drug-likeness (QED) is 0.0714. The standard InChI is InChI=1S/C27H49N3O2Si/c1-7-9-10-11-12-13-14-15-16-17-18-25-23-26(19-20-27(25)24(3)31)28-29-30(8-2)21-22-32-33(4,5)6/h19-20,23,31H,3,7-18,21-22H2,1-2,4-6H3. The predicted octanol–water partition coefficient (Wildman–Crippen LogP) is 8.85. The third-order valence-corrected chi connectivity index (χ3v) is 6.81. The molecule has 1 aromatic rings. The highest BCUT2D eigenvalue weighted by Gasteiger charge is 2.14. The molecular weight excluding hydrogens is 426 g/mol. The first-order valence-corrected chi connectivity index (χ1v) is 16.5. The minimum atomic E-state index is -1.51. The molecule has 0 bridgehead atoms. The van der Waals surface area contributed by atoms with E-state index in [1.54, 1.807) is 0 Å². The Morgan fingerprint density at radius 2 is 1.58 bits per heavy atom. The van der Waals surface area contributed by atoms with E-state index in [-0.39, 0.29) is 5.76 Å². The molecule has 6 heteroatoms. The normalized spacial score (nSPS) is 11.9. The van der Waals surface area contributed by atoms with Crippen molar-refractivity contribution in [3.63, 3.8) is 0 Å². The number of unbranched alkanes of at least 4 members (excludes halogenated alkanes) is 9. The van der Waals surface area contributed by atoms with Crippen LogP contribution in [-0.4, -0.2) is 38.1 Å². The minimum absolute atomic E-state index is 0.124. The van der Waals surface area contributed by atoms with Crippen LogP contribution in [0.3, 0.4) is 0 Å². The van der Waals surface area contributed by atoms with Crippen molar-refractivity contribution in [1.82, 2.24) is 5.01 Å². The van der Waals surface area contributed by atoms with Crippen LogP contribution in [0.5, 0.6) is 0 Å². The van der Waals surface area contributed by atoms with Crippen LogP contribution in [0.25, 0.3) is 5.76 Å². The van der Waals surface area contributed by atoms with Crippen LogP contribution in [0.15, 0.2) is 35.1 Å². The predicted molar refractivity (Wildman–Crippen MR) is 145 cm³/mol. The number of aryl methyl sites for hydroxylation is 1. The van der Waals surface area contributed by atoms with E-state index in [4.69, 9.17) is 4.43 Å². The van der Waals surface area contributed by atoms with E-state index < -0.39 is 8.32 Å². The highest BCUT2D eigenvalue weighted by Crippen LogP contribution is 2.25. The summed E-state index contributed by atoms with van der Waals surface area (Å²) in [6.07, 6.45) is 14.1. The van der Waals surface area contributed by atoms with Crippen LogP contribution >= 0.6 is 0 Å². The lowest BCUT2D eigenvalue weighted by Gasteiger charge is -2.20. The van der Waals surface area contributed by atoms with Gasteiger partial charge in [0.05, 0.1) is 18.8 Å². The van der Waals surface area contributed by atoms with Crippen LogP contribution in [0.2, 0.25) is 19.6 Å². The lowest BCUT2D eigenvalue weighted by Crippen LogP contribution is -2.30. The highest BCUT2D eigenvalue weighted by atomic mass is 28.4. The number of rotatable bonds is 19. The summed E-state index contributed by atoms with van der Waals surface area (Å²) in [6.45, 7) is 16.9. The first-order chi connectivity index (χ1) is 15.8.